The van der Waals surface area contributed by atoms with Crippen molar-refractivity contribution in [2.45, 2.75) is 25.2 Å². The Morgan fingerprint density at radius 3 is 2.19 bits per heavy atom. The topological polar surface area (TPSA) is 49.8 Å². The van der Waals surface area contributed by atoms with E-state index in [2.05, 4.69) is 54.6 Å². The summed E-state index contributed by atoms with van der Waals surface area (Å²) < 4.78 is 5.80. The highest BCUT2D eigenvalue weighted by atomic mass is 16.6. The number of piperidine rings is 1. The second-order valence-electron chi connectivity index (χ2n) is 8.61. The number of phenols is 1. The normalized spacial score (nSPS) is 16.1. The third-order valence-corrected chi connectivity index (χ3v) is 6.64. The first-order valence-electron chi connectivity index (χ1n) is 11.1. The third-order valence-electron chi connectivity index (χ3n) is 6.64. The Morgan fingerprint density at radius 2 is 1.55 bits per heavy atom. The van der Waals surface area contributed by atoms with Gasteiger partial charge < -0.3 is 14.7 Å². The quantitative estimate of drug-likeness (QED) is 0.606. The summed E-state index contributed by atoms with van der Waals surface area (Å²) in [5.74, 6) is 0.938. The molecular formula is C27H27NO3. The number of rotatable bonds is 4. The van der Waals surface area contributed by atoms with Gasteiger partial charge in [-0.1, -0.05) is 60.7 Å². The molecule has 1 N–H and O–H groups in total. The van der Waals surface area contributed by atoms with Crippen LogP contribution in [0.25, 0.3) is 11.1 Å². The SMILES string of the molecule is O=C(OCC1c2ccccc2-c2ccccc21)N1CCC(Cc2cccc(O)c2)CC1. The van der Waals surface area contributed by atoms with Gasteiger partial charge in [0.25, 0.3) is 0 Å². The molecule has 3 aromatic carbocycles. The lowest BCUT2D eigenvalue weighted by molar-refractivity contribution is 0.0856. The molecule has 3 aromatic rings. The second kappa shape index (κ2) is 8.46. The van der Waals surface area contributed by atoms with Gasteiger partial charge >= 0.3 is 6.09 Å². The molecule has 2 aliphatic rings. The highest BCUT2D eigenvalue weighted by molar-refractivity contribution is 5.79. The molecule has 0 radical (unpaired) electrons. The molecule has 0 saturated carbocycles. The summed E-state index contributed by atoms with van der Waals surface area (Å²) in [4.78, 5) is 14.6. The maximum Gasteiger partial charge on any atom is 0.409 e. The first-order valence-corrected chi connectivity index (χ1v) is 11.1. The highest BCUT2D eigenvalue weighted by Gasteiger charge is 2.30. The van der Waals surface area contributed by atoms with Crippen molar-refractivity contribution in [1.29, 1.82) is 0 Å². The van der Waals surface area contributed by atoms with Crippen LogP contribution in [0.15, 0.2) is 72.8 Å². The van der Waals surface area contributed by atoms with Gasteiger partial charge in [0, 0.05) is 19.0 Å². The summed E-state index contributed by atoms with van der Waals surface area (Å²) in [7, 11) is 0. The molecule has 1 aliphatic heterocycles. The minimum absolute atomic E-state index is 0.0969. The fraction of sp³-hybridized carbons (Fsp3) is 0.296. The smallest absolute Gasteiger partial charge is 0.409 e. The van der Waals surface area contributed by atoms with Crippen LogP contribution < -0.4 is 0 Å². The number of ether oxygens (including phenoxy) is 1. The molecule has 1 amide bonds. The first-order chi connectivity index (χ1) is 15.2. The van der Waals surface area contributed by atoms with Crippen molar-refractivity contribution >= 4 is 6.09 Å². The van der Waals surface area contributed by atoms with Crippen LogP contribution in [0.4, 0.5) is 4.79 Å². The van der Waals surface area contributed by atoms with E-state index in [1.54, 1.807) is 6.07 Å². The molecule has 4 nitrogen and oxygen atoms in total. The van der Waals surface area contributed by atoms with Crippen LogP contribution in [0.5, 0.6) is 5.75 Å². The van der Waals surface area contributed by atoms with Crippen LogP contribution in [0.1, 0.15) is 35.4 Å². The number of carbonyl (C=O) groups excluding carboxylic acids is 1. The Kier molecular flexibility index (Phi) is 5.37. The van der Waals surface area contributed by atoms with E-state index in [1.165, 1.54) is 22.3 Å². The van der Waals surface area contributed by atoms with Crippen LogP contribution in [-0.2, 0) is 11.2 Å². The van der Waals surface area contributed by atoms with E-state index in [0.717, 1.165) is 37.9 Å². The number of phenolic OH excluding ortho intramolecular Hbond substituents is 1. The summed E-state index contributed by atoms with van der Waals surface area (Å²) >= 11 is 0. The van der Waals surface area contributed by atoms with Crippen LogP contribution in [0.2, 0.25) is 0 Å². The monoisotopic (exact) mass is 413 g/mol. The largest absolute Gasteiger partial charge is 0.508 e. The molecular weight excluding hydrogens is 386 g/mol. The molecule has 1 saturated heterocycles. The molecule has 31 heavy (non-hydrogen) atoms. The number of likely N-dealkylation sites (tertiary alicyclic amines) is 1. The van der Waals surface area contributed by atoms with Gasteiger partial charge in [0.15, 0.2) is 0 Å². The Balaban J connectivity index is 1.18. The first kappa shape index (κ1) is 19.7. The van der Waals surface area contributed by atoms with Gasteiger partial charge in [-0.05, 0) is 65.1 Å². The van der Waals surface area contributed by atoms with Gasteiger partial charge in [0.1, 0.15) is 12.4 Å². The van der Waals surface area contributed by atoms with Crippen LogP contribution in [0, 0.1) is 5.92 Å². The maximum atomic E-state index is 12.8. The van der Waals surface area contributed by atoms with Gasteiger partial charge in [-0.15, -0.1) is 0 Å². The highest BCUT2D eigenvalue weighted by Crippen LogP contribution is 2.44. The minimum Gasteiger partial charge on any atom is -0.508 e. The zero-order valence-electron chi connectivity index (χ0n) is 17.5. The molecule has 1 fully saturated rings. The average Bonchev–Trinajstić information content (AvgIpc) is 3.12. The van der Waals surface area contributed by atoms with E-state index in [1.807, 2.05) is 17.0 Å². The number of hydrogen-bond donors (Lipinski definition) is 1. The summed E-state index contributed by atoms with van der Waals surface area (Å²) in [6.45, 7) is 1.82. The van der Waals surface area contributed by atoms with Crippen molar-refractivity contribution in [3.8, 4) is 16.9 Å². The number of hydrogen-bond acceptors (Lipinski definition) is 3. The number of amides is 1. The van der Waals surface area contributed by atoms with Crippen molar-refractivity contribution < 1.29 is 14.6 Å². The van der Waals surface area contributed by atoms with Crippen molar-refractivity contribution in [2.75, 3.05) is 19.7 Å². The van der Waals surface area contributed by atoms with Gasteiger partial charge in [0.2, 0.25) is 0 Å². The molecule has 0 bridgehead atoms. The van der Waals surface area contributed by atoms with Crippen LogP contribution >= 0.6 is 0 Å². The Hall–Kier alpha value is -3.27. The number of benzene rings is 3. The molecule has 0 atom stereocenters. The summed E-state index contributed by atoms with van der Waals surface area (Å²) in [5, 5.41) is 9.66. The van der Waals surface area contributed by atoms with E-state index < -0.39 is 0 Å². The van der Waals surface area contributed by atoms with Gasteiger partial charge in [-0.25, -0.2) is 4.79 Å². The number of fused-ring (bicyclic) bond motifs is 3. The Morgan fingerprint density at radius 1 is 0.903 bits per heavy atom. The van der Waals surface area contributed by atoms with E-state index in [4.69, 9.17) is 4.74 Å². The molecule has 0 spiro atoms. The molecule has 4 heteroatoms. The predicted octanol–water partition coefficient (Wildman–Crippen LogP) is 5.60. The zero-order chi connectivity index (χ0) is 21.2. The molecule has 1 aliphatic carbocycles. The zero-order valence-corrected chi connectivity index (χ0v) is 17.5. The number of nitrogens with zero attached hydrogens (tertiary/aromatic N) is 1. The van der Waals surface area contributed by atoms with E-state index >= 15 is 0 Å². The number of aromatic hydroxyl groups is 1. The summed E-state index contributed by atoms with van der Waals surface area (Å²) in [6.07, 6.45) is 2.64. The summed E-state index contributed by atoms with van der Waals surface area (Å²) in [6, 6.07) is 24.3. The predicted molar refractivity (Wildman–Crippen MR) is 121 cm³/mol. The maximum absolute atomic E-state index is 12.8. The van der Waals surface area contributed by atoms with Crippen molar-refractivity contribution in [1.82, 2.24) is 4.90 Å². The van der Waals surface area contributed by atoms with Gasteiger partial charge in [-0.2, -0.15) is 0 Å². The van der Waals surface area contributed by atoms with Crippen molar-refractivity contribution in [3.63, 3.8) is 0 Å². The number of carbonyl (C=O) groups is 1. The molecule has 0 aromatic heterocycles. The second-order valence-corrected chi connectivity index (χ2v) is 8.61. The lowest BCUT2D eigenvalue weighted by Crippen LogP contribution is -2.39. The van der Waals surface area contributed by atoms with Crippen LogP contribution in [0.3, 0.4) is 0 Å². The summed E-state index contributed by atoms with van der Waals surface area (Å²) in [5.41, 5.74) is 6.11. The molecule has 1 heterocycles. The molecule has 158 valence electrons. The lowest BCUT2D eigenvalue weighted by Gasteiger charge is -2.31. The fourth-order valence-electron chi connectivity index (χ4n) is 5.02. The standard InChI is InChI=1S/C27H27NO3/c29-21-7-5-6-20(17-21)16-19-12-14-28(15-13-19)27(30)31-18-26-24-10-3-1-8-22(24)23-9-2-4-11-25(23)26/h1-11,17,19,26,29H,12-16,18H2. The third kappa shape index (κ3) is 4.02. The van der Waals surface area contributed by atoms with Gasteiger partial charge in [-0.3, -0.25) is 0 Å². The molecule has 0 unspecified atom stereocenters. The van der Waals surface area contributed by atoms with Crippen molar-refractivity contribution in [2.24, 2.45) is 5.92 Å². The van der Waals surface area contributed by atoms with E-state index in [0.29, 0.717) is 18.3 Å². The van der Waals surface area contributed by atoms with Crippen molar-refractivity contribution in [3.05, 3.63) is 89.5 Å². The lowest BCUT2D eigenvalue weighted by atomic mass is 9.90. The van der Waals surface area contributed by atoms with Crippen LogP contribution in [-0.4, -0.2) is 35.8 Å². The van der Waals surface area contributed by atoms with Gasteiger partial charge in [0.05, 0.1) is 0 Å². The van der Waals surface area contributed by atoms with E-state index in [-0.39, 0.29) is 12.0 Å². The molecule has 5 rings (SSSR count). The fourth-order valence-corrected chi connectivity index (χ4v) is 5.02. The van der Waals surface area contributed by atoms with E-state index in [9.17, 15) is 9.90 Å². The average molecular weight is 414 g/mol. The Bertz CT molecular complexity index is 1040. The minimum atomic E-state index is -0.210. The Labute approximate surface area is 183 Å².